The predicted octanol–water partition coefficient (Wildman–Crippen LogP) is -0.820. The van der Waals surface area contributed by atoms with Gasteiger partial charge in [-0.3, -0.25) is 14.2 Å². The standard InChI is InChI=1S/C13H20N4O9S/c18-11(14-25-9-3-5-15(6-4-9)13(20)21)10-2-1-8-7-16(10)12(19)17(8)26-27(22,23)24/h8-10H,1-7H2,(H,14,18)(H,20,21)(H,22,23,24)/t8-,10+/m1/s1. The van der Waals surface area contributed by atoms with Gasteiger partial charge in [0.1, 0.15) is 6.04 Å². The third-order valence-electron chi connectivity index (χ3n) is 4.84. The molecule has 4 amide bonds. The molecule has 0 radical (unpaired) electrons. The van der Waals surface area contributed by atoms with Crippen LogP contribution in [0.4, 0.5) is 9.59 Å². The number of rotatable bonds is 5. The fourth-order valence-electron chi connectivity index (χ4n) is 3.48. The van der Waals surface area contributed by atoms with E-state index in [1.54, 1.807) is 0 Å². The number of hydrogen-bond acceptors (Lipinski definition) is 7. The van der Waals surface area contributed by atoms with E-state index >= 15 is 0 Å². The van der Waals surface area contributed by atoms with Gasteiger partial charge in [0.25, 0.3) is 5.91 Å². The summed E-state index contributed by atoms with van der Waals surface area (Å²) >= 11 is 0. The zero-order valence-corrected chi connectivity index (χ0v) is 15.0. The van der Waals surface area contributed by atoms with Gasteiger partial charge in [-0.2, -0.15) is 13.5 Å². The van der Waals surface area contributed by atoms with E-state index in [9.17, 15) is 22.8 Å². The number of nitrogens with zero attached hydrogens (tertiary/aromatic N) is 3. The second-order valence-electron chi connectivity index (χ2n) is 6.56. The highest BCUT2D eigenvalue weighted by Crippen LogP contribution is 2.30. The second kappa shape index (κ2) is 7.46. The van der Waals surface area contributed by atoms with Crippen LogP contribution in [0.15, 0.2) is 0 Å². The Morgan fingerprint density at radius 1 is 1.15 bits per heavy atom. The van der Waals surface area contributed by atoms with E-state index in [1.165, 1.54) is 4.90 Å². The number of carboxylic acid groups (broad SMARTS) is 1. The second-order valence-corrected chi connectivity index (χ2v) is 7.57. The van der Waals surface area contributed by atoms with Crippen LogP contribution in [-0.2, 0) is 24.3 Å². The molecule has 0 saturated carbocycles. The summed E-state index contributed by atoms with van der Waals surface area (Å²) in [5.41, 5.74) is 2.31. The van der Waals surface area contributed by atoms with Crippen LogP contribution in [0.2, 0.25) is 0 Å². The van der Waals surface area contributed by atoms with Crippen LogP contribution in [0.1, 0.15) is 25.7 Å². The Morgan fingerprint density at radius 2 is 1.81 bits per heavy atom. The Morgan fingerprint density at radius 3 is 2.41 bits per heavy atom. The number of piperidine rings is 2. The molecule has 0 aliphatic carbocycles. The summed E-state index contributed by atoms with van der Waals surface area (Å²) in [6, 6.07) is -2.27. The summed E-state index contributed by atoms with van der Waals surface area (Å²) in [4.78, 5) is 43.2. The third-order valence-corrected chi connectivity index (χ3v) is 5.19. The first-order valence-electron chi connectivity index (χ1n) is 8.36. The molecular formula is C13H20N4O9S. The van der Waals surface area contributed by atoms with Crippen LogP contribution in [0.25, 0.3) is 0 Å². The van der Waals surface area contributed by atoms with Crippen molar-refractivity contribution in [1.82, 2.24) is 20.3 Å². The third kappa shape index (κ3) is 4.40. The van der Waals surface area contributed by atoms with E-state index in [1.807, 2.05) is 0 Å². The first kappa shape index (κ1) is 19.6. The maximum atomic E-state index is 12.4. The van der Waals surface area contributed by atoms with Crippen LogP contribution in [0.3, 0.4) is 0 Å². The minimum atomic E-state index is -4.84. The first-order valence-corrected chi connectivity index (χ1v) is 9.72. The molecule has 3 aliphatic rings. The number of hydrogen-bond donors (Lipinski definition) is 3. The van der Waals surface area contributed by atoms with Gasteiger partial charge < -0.3 is 14.9 Å². The molecule has 3 heterocycles. The number of carbonyl (C=O) groups excluding carboxylic acids is 2. The van der Waals surface area contributed by atoms with E-state index in [0.29, 0.717) is 37.4 Å². The minimum Gasteiger partial charge on any atom is -0.465 e. The van der Waals surface area contributed by atoms with Crippen molar-refractivity contribution in [2.45, 2.75) is 43.9 Å². The van der Waals surface area contributed by atoms with Crippen molar-refractivity contribution in [2.75, 3.05) is 19.6 Å². The number of hydroxylamine groups is 3. The summed E-state index contributed by atoms with van der Waals surface area (Å²) in [5, 5.41) is 9.46. The molecule has 152 valence electrons. The van der Waals surface area contributed by atoms with Crippen LogP contribution in [0, 0.1) is 0 Å². The van der Waals surface area contributed by atoms with Crippen molar-refractivity contribution in [3.8, 4) is 0 Å². The lowest BCUT2D eigenvalue weighted by Crippen LogP contribution is -2.51. The molecule has 0 aromatic heterocycles. The average molecular weight is 408 g/mol. The Balaban J connectivity index is 1.51. The van der Waals surface area contributed by atoms with Crippen molar-refractivity contribution in [2.24, 2.45) is 0 Å². The largest absolute Gasteiger partial charge is 0.465 e. The quantitative estimate of drug-likeness (QED) is 0.389. The topological polar surface area (TPSA) is 166 Å². The number of urea groups is 1. The fraction of sp³-hybridized carbons (Fsp3) is 0.769. The van der Waals surface area contributed by atoms with Gasteiger partial charge in [0.05, 0.1) is 12.1 Å². The molecular weight excluding hydrogens is 388 g/mol. The van der Waals surface area contributed by atoms with Gasteiger partial charge in [-0.1, -0.05) is 0 Å². The smallest absolute Gasteiger partial charge is 0.418 e. The summed E-state index contributed by atoms with van der Waals surface area (Å²) in [6.07, 6.45) is 0.102. The lowest BCUT2D eigenvalue weighted by Gasteiger charge is -2.31. The van der Waals surface area contributed by atoms with Crippen LogP contribution < -0.4 is 5.48 Å². The molecule has 3 N–H and O–H groups in total. The Kier molecular flexibility index (Phi) is 5.41. The van der Waals surface area contributed by atoms with Crippen LogP contribution in [-0.4, -0.2) is 88.8 Å². The van der Waals surface area contributed by atoms with Crippen LogP contribution >= 0.6 is 0 Å². The number of carbonyl (C=O) groups is 3. The van der Waals surface area contributed by atoms with Crippen molar-refractivity contribution in [3.05, 3.63) is 0 Å². The fourth-order valence-corrected chi connectivity index (χ4v) is 3.87. The lowest BCUT2D eigenvalue weighted by molar-refractivity contribution is -0.145. The summed E-state index contributed by atoms with van der Waals surface area (Å²) in [6.45, 7) is 0.685. The monoisotopic (exact) mass is 408 g/mol. The number of nitrogens with one attached hydrogen (secondary N) is 1. The zero-order valence-electron chi connectivity index (χ0n) is 14.2. The molecule has 27 heavy (non-hydrogen) atoms. The molecule has 3 saturated heterocycles. The zero-order chi connectivity index (χ0) is 19.8. The molecule has 0 spiro atoms. The van der Waals surface area contributed by atoms with Gasteiger partial charge in [0.15, 0.2) is 0 Å². The summed E-state index contributed by atoms with van der Waals surface area (Å²) < 4.78 is 34.8. The summed E-state index contributed by atoms with van der Waals surface area (Å²) in [7, 11) is -4.84. The van der Waals surface area contributed by atoms with E-state index in [2.05, 4.69) is 9.76 Å². The highest BCUT2D eigenvalue weighted by molar-refractivity contribution is 7.80. The molecule has 3 aliphatic heterocycles. The predicted molar refractivity (Wildman–Crippen MR) is 85.2 cm³/mol. The highest BCUT2D eigenvalue weighted by Gasteiger charge is 2.49. The van der Waals surface area contributed by atoms with Gasteiger partial charge in [0, 0.05) is 19.6 Å². The van der Waals surface area contributed by atoms with E-state index in [-0.39, 0.29) is 19.1 Å². The molecule has 3 rings (SSSR count). The maximum absolute atomic E-state index is 12.4. The average Bonchev–Trinajstić information content (AvgIpc) is 2.83. The Labute approximate surface area is 154 Å². The first-order chi connectivity index (χ1) is 12.7. The van der Waals surface area contributed by atoms with Crippen LogP contribution in [0.5, 0.6) is 0 Å². The SMILES string of the molecule is O=C(NOC1CCN(C(=O)O)CC1)[C@@H]1CC[C@@H]2CN1C(=O)N2OS(=O)(=O)O. The van der Waals surface area contributed by atoms with Gasteiger partial charge in [0.2, 0.25) is 0 Å². The summed E-state index contributed by atoms with van der Waals surface area (Å²) in [5.74, 6) is -0.559. The van der Waals surface area contributed by atoms with Gasteiger partial charge >= 0.3 is 22.5 Å². The molecule has 0 unspecified atom stereocenters. The number of likely N-dealkylation sites (tertiary alicyclic amines) is 1. The molecule has 14 heteroatoms. The molecule has 13 nitrogen and oxygen atoms in total. The maximum Gasteiger partial charge on any atom is 0.418 e. The Bertz CT molecular complexity index is 721. The van der Waals surface area contributed by atoms with E-state index in [0.717, 1.165) is 4.90 Å². The van der Waals surface area contributed by atoms with E-state index in [4.69, 9.17) is 14.5 Å². The molecule has 3 fully saturated rings. The molecule has 2 bridgehead atoms. The Hall–Kier alpha value is -2.16. The van der Waals surface area contributed by atoms with Crippen molar-refractivity contribution < 1.29 is 41.6 Å². The minimum absolute atomic E-state index is 0.0867. The molecule has 2 atom stereocenters. The number of fused-ring (bicyclic) bond motifs is 2. The highest BCUT2D eigenvalue weighted by atomic mass is 32.3. The molecule has 0 aromatic carbocycles. The normalized spacial score (nSPS) is 26.4. The van der Waals surface area contributed by atoms with Gasteiger partial charge in [-0.05, 0) is 25.7 Å². The lowest BCUT2D eigenvalue weighted by atomic mass is 10.0. The van der Waals surface area contributed by atoms with Crippen molar-refractivity contribution in [3.63, 3.8) is 0 Å². The molecule has 0 aromatic rings. The number of amides is 4. The van der Waals surface area contributed by atoms with Crippen molar-refractivity contribution in [1.29, 1.82) is 0 Å². The van der Waals surface area contributed by atoms with Crippen molar-refractivity contribution >= 4 is 28.4 Å². The van der Waals surface area contributed by atoms with E-state index < -0.39 is 40.5 Å². The van der Waals surface area contributed by atoms with Gasteiger partial charge in [-0.25, -0.2) is 15.1 Å². The van der Waals surface area contributed by atoms with Gasteiger partial charge in [-0.15, -0.1) is 4.28 Å².